The molecule has 1 aliphatic rings. The van der Waals surface area contributed by atoms with E-state index in [-0.39, 0.29) is 30.2 Å². The Morgan fingerprint density at radius 3 is 2.75 bits per heavy atom. The van der Waals surface area contributed by atoms with E-state index >= 15 is 0 Å². The zero-order chi connectivity index (χ0) is 19.3. The molecule has 0 aliphatic heterocycles. The highest BCUT2D eigenvalue weighted by molar-refractivity contribution is 5.79. The predicted molar refractivity (Wildman–Crippen MR) is 103 cm³/mol. The van der Waals surface area contributed by atoms with Crippen molar-refractivity contribution >= 4 is 16.8 Å². The molecule has 1 aromatic carbocycles. The van der Waals surface area contributed by atoms with Crippen LogP contribution >= 0.6 is 0 Å². The quantitative estimate of drug-likeness (QED) is 0.724. The molecule has 3 aromatic rings. The Labute approximate surface area is 161 Å². The summed E-state index contributed by atoms with van der Waals surface area (Å²) in [5.41, 5.74) is 0.424. The van der Waals surface area contributed by atoms with Crippen LogP contribution in [0.15, 0.2) is 54.0 Å². The van der Waals surface area contributed by atoms with Crippen LogP contribution in [-0.2, 0) is 11.3 Å². The first-order chi connectivity index (χ1) is 13.7. The lowest BCUT2D eigenvalue weighted by Gasteiger charge is -2.29. The Kier molecular flexibility index (Phi) is 5.27. The molecule has 0 radical (unpaired) electrons. The number of amides is 1. The Bertz CT molecular complexity index is 1010. The smallest absolute Gasteiger partial charge is 0.261 e. The van der Waals surface area contributed by atoms with Gasteiger partial charge in [0.1, 0.15) is 12.6 Å². The molecule has 0 atom stereocenters. The molecule has 2 aromatic heterocycles. The van der Waals surface area contributed by atoms with Crippen molar-refractivity contribution in [2.45, 2.75) is 44.4 Å². The van der Waals surface area contributed by atoms with E-state index in [0.29, 0.717) is 16.8 Å². The van der Waals surface area contributed by atoms with Crippen LogP contribution in [0.5, 0.6) is 5.88 Å². The SMILES string of the molecule is O=C(Cn1cnc2ccccc2c1=O)NC1CCC(Oc2cnccn2)CC1. The van der Waals surface area contributed by atoms with Gasteiger partial charge in [0.2, 0.25) is 11.8 Å². The maximum Gasteiger partial charge on any atom is 0.261 e. The van der Waals surface area contributed by atoms with Crippen molar-refractivity contribution in [3.05, 3.63) is 59.5 Å². The molecule has 1 amide bonds. The Morgan fingerprint density at radius 2 is 1.96 bits per heavy atom. The van der Waals surface area contributed by atoms with Crippen molar-refractivity contribution < 1.29 is 9.53 Å². The zero-order valence-electron chi connectivity index (χ0n) is 15.3. The highest BCUT2D eigenvalue weighted by atomic mass is 16.5. The average molecular weight is 379 g/mol. The van der Waals surface area contributed by atoms with Gasteiger partial charge in [0.05, 0.1) is 23.4 Å². The van der Waals surface area contributed by atoms with E-state index in [1.54, 1.807) is 36.8 Å². The normalized spacial score (nSPS) is 19.3. The number of ether oxygens (including phenoxy) is 1. The highest BCUT2D eigenvalue weighted by Crippen LogP contribution is 2.22. The molecule has 0 unspecified atom stereocenters. The maximum atomic E-state index is 12.5. The fourth-order valence-electron chi connectivity index (χ4n) is 3.49. The van der Waals surface area contributed by atoms with Crippen LogP contribution in [-0.4, -0.2) is 37.6 Å². The molecule has 2 heterocycles. The number of hydrogen-bond acceptors (Lipinski definition) is 6. The monoisotopic (exact) mass is 379 g/mol. The van der Waals surface area contributed by atoms with E-state index in [4.69, 9.17) is 4.74 Å². The van der Waals surface area contributed by atoms with Crippen molar-refractivity contribution in [3.63, 3.8) is 0 Å². The number of carbonyl (C=O) groups excluding carboxylic acids is 1. The fourth-order valence-corrected chi connectivity index (χ4v) is 3.49. The molecule has 4 rings (SSSR count). The number of para-hydroxylation sites is 1. The minimum absolute atomic E-state index is 0.0350. The topological polar surface area (TPSA) is 99.0 Å². The van der Waals surface area contributed by atoms with Gasteiger partial charge in [0.25, 0.3) is 5.56 Å². The molecule has 1 N–H and O–H groups in total. The first-order valence-electron chi connectivity index (χ1n) is 9.35. The van der Waals surface area contributed by atoms with E-state index < -0.39 is 0 Å². The number of nitrogens with one attached hydrogen (secondary N) is 1. The summed E-state index contributed by atoms with van der Waals surface area (Å²) in [6.45, 7) is -0.0350. The van der Waals surface area contributed by atoms with Crippen molar-refractivity contribution in [1.82, 2.24) is 24.8 Å². The zero-order valence-corrected chi connectivity index (χ0v) is 15.3. The summed E-state index contributed by atoms with van der Waals surface area (Å²) in [5.74, 6) is 0.343. The van der Waals surface area contributed by atoms with E-state index in [0.717, 1.165) is 25.7 Å². The van der Waals surface area contributed by atoms with E-state index in [1.165, 1.54) is 10.9 Å². The molecular formula is C20H21N5O3. The lowest BCUT2D eigenvalue weighted by Crippen LogP contribution is -2.42. The number of fused-ring (bicyclic) bond motifs is 1. The lowest BCUT2D eigenvalue weighted by atomic mass is 9.93. The van der Waals surface area contributed by atoms with E-state index in [2.05, 4.69) is 20.3 Å². The van der Waals surface area contributed by atoms with Crippen molar-refractivity contribution in [2.75, 3.05) is 0 Å². The van der Waals surface area contributed by atoms with Gasteiger partial charge in [-0.2, -0.15) is 0 Å². The molecule has 8 heteroatoms. The molecular weight excluding hydrogens is 358 g/mol. The van der Waals surface area contributed by atoms with Crippen LogP contribution in [0.1, 0.15) is 25.7 Å². The second kappa shape index (κ2) is 8.16. The molecule has 1 saturated carbocycles. The molecule has 144 valence electrons. The molecule has 0 spiro atoms. The van der Waals surface area contributed by atoms with Crippen molar-refractivity contribution in [2.24, 2.45) is 0 Å². The summed E-state index contributed by atoms with van der Waals surface area (Å²) in [4.78, 5) is 37.2. The van der Waals surface area contributed by atoms with Crippen LogP contribution in [0, 0.1) is 0 Å². The Morgan fingerprint density at radius 1 is 1.14 bits per heavy atom. The summed E-state index contributed by atoms with van der Waals surface area (Å²) in [5, 5.41) is 3.53. The summed E-state index contributed by atoms with van der Waals surface area (Å²) < 4.78 is 7.17. The number of hydrogen-bond donors (Lipinski definition) is 1. The van der Waals surface area contributed by atoms with Crippen LogP contribution in [0.4, 0.5) is 0 Å². The fraction of sp³-hybridized carbons (Fsp3) is 0.350. The van der Waals surface area contributed by atoms with Crippen LogP contribution in [0.3, 0.4) is 0 Å². The first-order valence-corrected chi connectivity index (χ1v) is 9.35. The molecule has 0 bridgehead atoms. The summed E-state index contributed by atoms with van der Waals surface area (Å²) in [7, 11) is 0. The number of benzene rings is 1. The molecule has 8 nitrogen and oxygen atoms in total. The minimum Gasteiger partial charge on any atom is -0.473 e. The van der Waals surface area contributed by atoms with Gasteiger partial charge in [-0.3, -0.25) is 19.1 Å². The lowest BCUT2D eigenvalue weighted by molar-refractivity contribution is -0.122. The van der Waals surface area contributed by atoms with Gasteiger partial charge in [-0.05, 0) is 37.8 Å². The predicted octanol–water partition coefficient (Wildman–Crippen LogP) is 1.69. The van der Waals surface area contributed by atoms with Crippen LogP contribution in [0.25, 0.3) is 10.9 Å². The second-order valence-corrected chi connectivity index (χ2v) is 6.90. The van der Waals surface area contributed by atoms with Crippen LogP contribution in [0.2, 0.25) is 0 Å². The summed E-state index contributed by atoms with van der Waals surface area (Å²) in [6, 6.07) is 7.20. The maximum absolute atomic E-state index is 12.5. The van der Waals surface area contributed by atoms with Gasteiger partial charge in [-0.15, -0.1) is 0 Å². The minimum atomic E-state index is -0.207. The number of carbonyl (C=O) groups is 1. The van der Waals surface area contributed by atoms with Gasteiger partial charge < -0.3 is 10.1 Å². The largest absolute Gasteiger partial charge is 0.473 e. The van der Waals surface area contributed by atoms with E-state index in [1.807, 2.05) is 6.07 Å². The van der Waals surface area contributed by atoms with Crippen molar-refractivity contribution in [1.29, 1.82) is 0 Å². The molecule has 1 fully saturated rings. The van der Waals surface area contributed by atoms with Gasteiger partial charge in [0, 0.05) is 18.4 Å². The third kappa shape index (κ3) is 4.16. The standard InChI is InChI=1S/C20H21N5O3/c26-18(12-25-13-23-17-4-2-1-3-16(17)20(25)27)24-14-5-7-15(8-6-14)28-19-11-21-9-10-22-19/h1-4,9-11,13-15H,5-8,12H2,(H,24,26). The van der Waals surface area contributed by atoms with E-state index in [9.17, 15) is 9.59 Å². The highest BCUT2D eigenvalue weighted by Gasteiger charge is 2.24. The first kappa shape index (κ1) is 18.1. The van der Waals surface area contributed by atoms with Crippen LogP contribution < -0.4 is 15.6 Å². The number of aromatic nitrogens is 4. The van der Waals surface area contributed by atoms with Crippen molar-refractivity contribution in [3.8, 4) is 5.88 Å². The Hall–Kier alpha value is -3.29. The molecule has 28 heavy (non-hydrogen) atoms. The second-order valence-electron chi connectivity index (χ2n) is 6.90. The van der Waals surface area contributed by atoms with Gasteiger partial charge in [0.15, 0.2) is 0 Å². The van der Waals surface area contributed by atoms with Gasteiger partial charge in [-0.25, -0.2) is 9.97 Å². The van der Waals surface area contributed by atoms with Gasteiger partial charge in [-0.1, -0.05) is 12.1 Å². The summed E-state index contributed by atoms with van der Waals surface area (Å²) in [6.07, 6.45) is 9.62. The molecule has 1 aliphatic carbocycles. The third-order valence-electron chi connectivity index (χ3n) is 4.91. The average Bonchev–Trinajstić information content (AvgIpc) is 2.72. The Balaban J connectivity index is 1.30. The summed E-state index contributed by atoms with van der Waals surface area (Å²) >= 11 is 0. The third-order valence-corrected chi connectivity index (χ3v) is 4.91. The number of rotatable bonds is 5. The number of nitrogens with zero attached hydrogens (tertiary/aromatic N) is 4. The van der Waals surface area contributed by atoms with Gasteiger partial charge >= 0.3 is 0 Å². The molecule has 0 saturated heterocycles.